The summed E-state index contributed by atoms with van der Waals surface area (Å²) in [4.78, 5) is 4.73. The fraction of sp³-hybridized carbons (Fsp3) is 0.222. The molecule has 8 aromatic rings. The molecular formula is C45H40N10O22S8. The Labute approximate surface area is 489 Å². The number of thiazole rings is 1. The number of benzene rings is 5. The topological polar surface area (TPSA) is 502 Å². The van der Waals surface area contributed by atoms with Crippen LogP contribution >= 0.6 is 23.1 Å². The SMILES string of the molecule is COc1cc(S(=O)(=O)O)c2c(c1)nc1c(C#N)c(C)c(N=Nc3cc(C)c(N=Nc4cc(OC)c(N=Nc5nc6c(S(=O)(=O)O)cc7c(S(=O)(=O)O)cc(S(=O)(=O)O)cc7c6s5)cc4SCCCS(=O)(=O)O)cc3OCCCS(=O)(=O)O)c(O)n12. The van der Waals surface area contributed by atoms with Crippen molar-refractivity contribution in [3.8, 4) is 29.2 Å². The number of imidazole rings is 1. The summed E-state index contributed by atoms with van der Waals surface area (Å²) in [6.45, 7) is 2.57. The highest BCUT2D eigenvalue weighted by atomic mass is 32.2. The molecule has 0 bridgehead atoms. The lowest BCUT2D eigenvalue weighted by atomic mass is 10.1. The molecule has 0 unspecified atom stereocenters. The minimum absolute atomic E-state index is 0.0112. The third kappa shape index (κ3) is 14.1. The van der Waals surface area contributed by atoms with Crippen LogP contribution in [0.5, 0.6) is 23.1 Å². The van der Waals surface area contributed by atoms with E-state index in [9.17, 15) is 88.2 Å². The van der Waals surface area contributed by atoms with E-state index in [1.54, 1.807) is 6.92 Å². The molecule has 3 aromatic heterocycles. The monoisotopic (exact) mass is 1330 g/mol. The first-order valence-corrected chi connectivity index (χ1v) is 34.0. The van der Waals surface area contributed by atoms with E-state index in [1.165, 1.54) is 51.5 Å². The number of ether oxygens (including phenoxy) is 3. The smallest absolute Gasteiger partial charge is 0.296 e. The molecule has 85 heavy (non-hydrogen) atoms. The van der Waals surface area contributed by atoms with Gasteiger partial charge in [-0.3, -0.25) is 31.7 Å². The number of aromatic nitrogens is 3. The molecule has 5 aromatic carbocycles. The van der Waals surface area contributed by atoms with Crippen molar-refractivity contribution < 1.29 is 97.1 Å². The Hall–Kier alpha value is -7.50. The molecule has 0 atom stereocenters. The van der Waals surface area contributed by atoms with E-state index in [-0.39, 0.29) is 114 Å². The van der Waals surface area contributed by atoms with Crippen LogP contribution in [0, 0.1) is 25.2 Å². The second kappa shape index (κ2) is 23.8. The fourth-order valence-corrected chi connectivity index (χ4v) is 14.0. The predicted octanol–water partition coefficient (Wildman–Crippen LogP) is 8.72. The van der Waals surface area contributed by atoms with Crippen molar-refractivity contribution in [2.24, 2.45) is 30.7 Å². The number of fused-ring (bicyclic) bond motifs is 6. The van der Waals surface area contributed by atoms with Crippen LogP contribution in [0.1, 0.15) is 29.5 Å². The summed E-state index contributed by atoms with van der Waals surface area (Å²) in [7, 11) is -27.2. The molecule has 0 amide bonds. The maximum Gasteiger partial charge on any atom is 0.296 e. The van der Waals surface area contributed by atoms with Gasteiger partial charge in [0.25, 0.3) is 60.7 Å². The van der Waals surface area contributed by atoms with E-state index in [0.717, 1.165) is 28.3 Å². The van der Waals surface area contributed by atoms with Crippen LogP contribution in [0.15, 0.2) is 110 Å². The summed E-state index contributed by atoms with van der Waals surface area (Å²) < 4.78 is 222. The number of azo groups is 3. The third-order valence-electron chi connectivity index (χ3n) is 11.9. The van der Waals surface area contributed by atoms with Crippen molar-refractivity contribution in [2.45, 2.75) is 51.2 Å². The van der Waals surface area contributed by atoms with Crippen molar-refractivity contribution in [3.63, 3.8) is 0 Å². The zero-order chi connectivity index (χ0) is 62.5. The molecule has 0 aliphatic heterocycles. The number of aromatic hydroxyl groups is 1. The molecule has 7 N–H and O–H groups in total. The van der Waals surface area contributed by atoms with Gasteiger partial charge in [-0.1, -0.05) is 11.3 Å². The number of hydrogen-bond donors (Lipinski definition) is 7. The number of rotatable bonds is 22. The van der Waals surface area contributed by atoms with Crippen LogP contribution in [-0.4, -0.2) is 135 Å². The Morgan fingerprint density at radius 2 is 1.25 bits per heavy atom. The summed E-state index contributed by atoms with van der Waals surface area (Å²) in [6.07, 6.45) is -0.358. The van der Waals surface area contributed by atoms with Crippen LogP contribution in [0.2, 0.25) is 0 Å². The molecule has 40 heteroatoms. The van der Waals surface area contributed by atoms with Gasteiger partial charge in [-0.15, -0.1) is 37.3 Å². The maximum absolute atomic E-state index is 12.6. The van der Waals surface area contributed by atoms with Crippen LogP contribution in [0.4, 0.5) is 33.6 Å². The van der Waals surface area contributed by atoms with Gasteiger partial charge in [0.05, 0.1) is 58.6 Å². The Morgan fingerprint density at radius 1 is 0.635 bits per heavy atom. The molecule has 450 valence electrons. The van der Waals surface area contributed by atoms with Crippen molar-refractivity contribution >= 4 is 155 Å². The molecule has 0 spiro atoms. The number of nitriles is 1. The first-order valence-electron chi connectivity index (χ1n) is 23.3. The average molecular weight is 1330 g/mol. The number of pyridine rings is 1. The Bertz CT molecular complexity index is 4990. The number of nitrogens with zero attached hydrogens (tertiary/aromatic N) is 10. The summed E-state index contributed by atoms with van der Waals surface area (Å²) >= 11 is 1.49. The first kappa shape index (κ1) is 63.5. The highest BCUT2D eigenvalue weighted by Gasteiger charge is 2.29. The second-order valence-electron chi connectivity index (χ2n) is 17.7. The van der Waals surface area contributed by atoms with E-state index in [4.69, 9.17) is 14.2 Å². The molecule has 0 saturated carbocycles. The van der Waals surface area contributed by atoms with Gasteiger partial charge in [-0.05, 0) is 68.3 Å². The molecule has 0 aliphatic carbocycles. The van der Waals surface area contributed by atoms with Gasteiger partial charge in [-0.2, -0.15) is 60.9 Å². The van der Waals surface area contributed by atoms with Gasteiger partial charge < -0.3 is 19.3 Å². The summed E-state index contributed by atoms with van der Waals surface area (Å²) in [5.74, 6) is -2.41. The zero-order valence-electron chi connectivity index (χ0n) is 43.4. The van der Waals surface area contributed by atoms with Crippen molar-refractivity contribution in [1.82, 2.24) is 14.4 Å². The van der Waals surface area contributed by atoms with E-state index in [1.807, 2.05) is 6.07 Å². The van der Waals surface area contributed by atoms with E-state index in [2.05, 4.69) is 40.7 Å². The number of aryl methyl sites for hydroxylation is 1. The van der Waals surface area contributed by atoms with E-state index >= 15 is 0 Å². The summed E-state index contributed by atoms with van der Waals surface area (Å²) in [5.41, 5.74) is -1.64. The largest absolute Gasteiger partial charge is 0.497 e. The molecule has 8 rings (SSSR count). The third-order valence-corrected chi connectivity index (χ3v) is 19.1. The van der Waals surface area contributed by atoms with Gasteiger partial charge in [0.15, 0.2) is 11.3 Å². The van der Waals surface area contributed by atoms with Gasteiger partial charge in [0, 0.05) is 45.5 Å². The van der Waals surface area contributed by atoms with Gasteiger partial charge in [0.1, 0.15) is 66.1 Å². The Morgan fingerprint density at radius 3 is 1.86 bits per heavy atom. The average Bonchev–Trinajstić information content (AvgIpc) is 4.22. The van der Waals surface area contributed by atoms with E-state index < -0.39 is 114 Å². The van der Waals surface area contributed by atoms with Gasteiger partial charge >= 0.3 is 0 Å². The molecule has 0 saturated heterocycles. The quantitative estimate of drug-likeness (QED) is 0.0144. The number of methoxy groups -OCH3 is 2. The lowest BCUT2D eigenvalue weighted by molar-refractivity contribution is 0.317. The van der Waals surface area contributed by atoms with Gasteiger partial charge in [0.2, 0.25) is 11.0 Å². The number of hydrogen-bond acceptors (Lipinski definition) is 27. The summed E-state index contributed by atoms with van der Waals surface area (Å²) in [5, 5.41) is 46.1. The van der Waals surface area contributed by atoms with E-state index in [0.29, 0.717) is 29.0 Å². The lowest BCUT2D eigenvalue weighted by Gasteiger charge is -2.12. The Kier molecular flexibility index (Phi) is 17.7. The van der Waals surface area contributed by atoms with Crippen LogP contribution < -0.4 is 14.2 Å². The normalized spacial score (nSPS) is 13.1. The standard InChI is InChI=1S/C45H40N10O22S8/c1-21-11-29(50-53-39-22(2)27(20-46)43-47-32-12-23(75-3)13-38(85(72,73)74)41(32)55(43)44(39)56)34(77-7-5-9-80(57,58)59)17-28(21)49-52-31-18-33(76-4)30(19-35(31)78-8-6-10-81(60,61)62)51-54-45-48-40-37(84(69,70)71)16-25-26(42(40)79-45)14-24(82(63,64)65)15-36(25)83(66,67)68/h11-19,56H,5-10H2,1-4H3,(H,57,58,59)(H,60,61,62)(H,63,64,65)(H,66,67,68)(H,69,70,71)(H,72,73,74). The fourth-order valence-electron chi connectivity index (χ4n) is 8.14. The van der Waals surface area contributed by atoms with Crippen molar-refractivity contribution in [2.75, 3.05) is 38.1 Å². The Balaban J connectivity index is 1.23. The second-order valence-corrected chi connectivity index (χ2v) is 28.5. The van der Waals surface area contributed by atoms with Crippen LogP contribution in [0.3, 0.4) is 0 Å². The molecule has 3 heterocycles. The van der Waals surface area contributed by atoms with Crippen molar-refractivity contribution in [3.05, 3.63) is 71.3 Å². The molecule has 0 aliphatic rings. The minimum Gasteiger partial charge on any atom is -0.497 e. The zero-order valence-corrected chi connectivity index (χ0v) is 50.0. The first-order chi connectivity index (χ1) is 39.5. The molecule has 0 fully saturated rings. The highest BCUT2D eigenvalue weighted by molar-refractivity contribution is 7.99. The molecule has 0 radical (unpaired) electrons. The highest BCUT2D eigenvalue weighted by Crippen LogP contribution is 2.46. The minimum atomic E-state index is -5.33. The van der Waals surface area contributed by atoms with Gasteiger partial charge in [-0.25, -0.2) is 9.97 Å². The van der Waals surface area contributed by atoms with Crippen molar-refractivity contribution in [1.29, 1.82) is 5.26 Å². The lowest BCUT2D eigenvalue weighted by Crippen LogP contribution is -2.08. The molecule has 32 nitrogen and oxygen atoms in total. The number of thioether (sulfide) groups is 1. The maximum atomic E-state index is 12.6. The van der Waals surface area contributed by atoms with Crippen LogP contribution in [-0.2, 0) is 60.7 Å². The molecular weight excluding hydrogens is 1290 g/mol. The van der Waals surface area contributed by atoms with Crippen LogP contribution in [0.25, 0.3) is 37.7 Å². The predicted molar refractivity (Wildman–Crippen MR) is 302 cm³/mol. The summed E-state index contributed by atoms with van der Waals surface area (Å²) in [6, 6.07) is 11.3.